The lowest BCUT2D eigenvalue weighted by Crippen LogP contribution is -2.13. The molecule has 0 aliphatic rings. The monoisotopic (exact) mass is 185 g/mol. The van der Waals surface area contributed by atoms with Gasteiger partial charge in [0.1, 0.15) is 6.67 Å². The van der Waals surface area contributed by atoms with Gasteiger partial charge in [-0.05, 0) is 23.9 Å². The van der Waals surface area contributed by atoms with E-state index >= 15 is 0 Å². The Bertz CT molecular complexity index is 267. The minimum absolute atomic E-state index is 0.343. The van der Waals surface area contributed by atoms with Crippen LogP contribution in [0.5, 0.6) is 0 Å². The zero-order valence-electron chi connectivity index (χ0n) is 7.06. The summed E-state index contributed by atoms with van der Waals surface area (Å²) in [7, 11) is 0. The van der Waals surface area contributed by atoms with Crippen LogP contribution in [0, 0.1) is 6.92 Å². The molecule has 0 saturated carbocycles. The number of thiophene rings is 1. The molecule has 0 amide bonds. The number of rotatable bonds is 4. The molecule has 1 nitrogen and oxygen atoms in total. The van der Waals surface area contributed by atoms with E-state index in [2.05, 4.69) is 17.3 Å². The number of hydrogen-bond acceptors (Lipinski definition) is 2. The third-order valence-electron chi connectivity index (χ3n) is 1.46. The fraction of sp³-hybridized carbons (Fsp3) is 0.333. The highest BCUT2D eigenvalue weighted by molar-refractivity contribution is 7.11. The molecule has 1 aromatic rings. The summed E-state index contributed by atoms with van der Waals surface area (Å²) in [5, 5.41) is 4.96. The lowest BCUT2D eigenvalue weighted by molar-refractivity contribution is 0.489. The van der Waals surface area contributed by atoms with Crippen LogP contribution in [0.25, 0.3) is 5.70 Å². The molecular weight excluding hydrogens is 173 g/mol. The van der Waals surface area contributed by atoms with Crippen molar-refractivity contribution < 1.29 is 4.39 Å². The maximum atomic E-state index is 11.8. The lowest BCUT2D eigenvalue weighted by Gasteiger charge is -2.03. The Morgan fingerprint density at radius 2 is 2.50 bits per heavy atom. The van der Waals surface area contributed by atoms with Crippen molar-refractivity contribution in [2.24, 2.45) is 0 Å². The zero-order valence-corrected chi connectivity index (χ0v) is 7.88. The maximum absolute atomic E-state index is 11.8. The van der Waals surface area contributed by atoms with Crippen molar-refractivity contribution in [1.82, 2.24) is 5.32 Å². The van der Waals surface area contributed by atoms with Crippen LogP contribution in [0.15, 0.2) is 18.0 Å². The average molecular weight is 185 g/mol. The van der Waals surface area contributed by atoms with Crippen molar-refractivity contribution >= 4 is 17.0 Å². The Morgan fingerprint density at radius 1 is 1.75 bits per heavy atom. The van der Waals surface area contributed by atoms with Crippen molar-refractivity contribution in [2.45, 2.75) is 6.92 Å². The number of hydrogen-bond donors (Lipinski definition) is 1. The Balaban J connectivity index is 2.53. The molecule has 0 bridgehead atoms. The molecule has 0 radical (unpaired) electrons. The molecule has 1 aromatic heterocycles. The van der Waals surface area contributed by atoms with Gasteiger partial charge in [-0.3, -0.25) is 0 Å². The summed E-state index contributed by atoms with van der Waals surface area (Å²) in [5.41, 5.74) is 2.03. The smallest absolute Gasteiger partial charge is 0.107 e. The van der Waals surface area contributed by atoms with E-state index in [9.17, 15) is 4.39 Å². The number of nitrogens with one attached hydrogen (secondary N) is 1. The highest BCUT2D eigenvalue weighted by Crippen LogP contribution is 2.19. The molecule has 12 heavy (non-hydrogen) atoms. The average Bonchev–Trinajstić information content (AvgIpc) is 2.47. The maximum Gasteiger partial charge on any atom is 0.107 e. The summed E-state index contributed by atoms with van der Waals surface area (Å²) in [6.45, 7) is 5.82. The SMILES string of the molecule is C=C(NCCF)c1cc(C)cs1. The van der Waals surface area contributed by atoms with E-state index in [4.69, 9.17) is 0 Å². The van der Waals surface area contributed by atoms with E-state index in [0.29, 0.717) is 6.54 Å². The first kappa shape index (κ1) is 9.26. The van der Waals surface area contributed by atoms with Crippen molar-refractivity contribution in [2.75, 3.05) is 13.2 Å². The predicted molar refractivity (Wildman–Crippen MR) is 52.1 cm³/mol. The second-order valence-corrected chi connectivity index (χ2v) is 3.49. The first-order chi connectivity index (χ1) is 5.74. The third-order valence-corrected chi connectivity index (χ3v) is 2.57. The summed E-state index contributed by atoms with van der Waals surface area (Å²) in [6.07, 6.45) is 0. The summed E-state index contributed by atoms with van der Waals surface area (Å²) in [5.74, 6) is 0. The molecule has 0 aromatic carbocycles. The van der Waals surface area contributed by atoms with Crippen LogP contribution in [0.1, 0.15) is 10.4 Å². The molecule has 1 rings (SSSR count). The summed E-state index contributed by atoms with van der Waals surface area (Å²) in [6, 6.07) is 2.04. The van der Waals surface area contributed by atoms with Crippen molar-refractivity contribution in [3.63, 3.8) is 0 Å². The quantitative estimate of drug-likeness (QED) is 0.760. The van der Waals surface area contributed by atoms with Gasteiger partial charge < -0.3 is 5.32 Å². The summed E-state index contributed by atoms with van der Waals surface area (Å²) < 4.78 is 11.8. The highest BCUT2D eigenvalue weighted by Gasteiger charge is 1.99. The molecule has 0 unspecified atom stereocenters. The van der Waals surface area contributed by atoms with Crippen LogP contribution in [-0.2, 0) is 0 Å². The van der Waals surface area contributed by atoms with Crippen LogP contribution in [0.2, 0.25) is 0 Å². The molecule has 3 heteroatoms. The van der Waals surface area contributed by atoms with Crippen molar-refractivity contribution in [1.29, 1.82) is 0 Å². The van der Waals surface area contributed by atoms with Gasteiger partial charge in [-0.25, -0.2) is 4.39 Å². The molecule has 0 aliphatic carbocycles. The zero-order chi connectivity index (χ0) is 8.97. The molecule has 0 aliphatic heterocycles. The molecule has 1 N–H and O–H groups in total. The topological polar surface area (TPSA) is 12.0 Å². The standard InChI is InChI=1S/C9H12FNS/c1-7-5-9(12-6-7)8(2)11-4-3-10/h5-6,11H,2-4H2,1H3. The Morgan fingerprint density at radius 3 is 3.00 bits per heavy atom. The Hall–Kier alpha value is -0.830. The van der Waals surface area contributed by atoms with E-state index in [1.54, 1.807) is 11.3 Å². The third kappa shape index (κ3) is 2.34. The van der Waals surface area contributed by atoms with Gasteiger partial charge in [-0.1, -0.05) is 6.58 Å². The molecule has 0 atom stereocenters. The molecule has 0 saturated heterocycles. The van der Waals surface area contributed by atoms with E-state index in [1.165, 1.54) is 5.56 Å². The van der Waals surface area contributed by atoms with Crippen LogP contribution < -0.4 is 5.32 Å². The van der Waals surface area contributed by atoms with Crippen LogP contribution >= 0.6 is 11.3 Å². The van der Waals surface area contributed by atoms with Gasteiger partial charge in [0.25, 0.3) is 0 Å². The largest absolute Gasteiger partial charge is 0.382 e. The highest BCUT2D eigenvalue weighted by atomic mass is 32.1. The Kier molecular flexibility index (Phi) is 3.29. The van der Waals surface area contributed by atoms with Crippen molar-refractivity contribution in [3.8, 4) is 0 Å². The fourth-order valence-electron chi connectivity index (χ4n) is 0.875. The molecular formula is C9H12FNS. The number of alkyl halides is 1. The van der Waals surface area contributed by atoms with Gasteiger partial charge in [0.2, 0.25) is 0 Å². The normalized spacial score (nSPS) is 9.83. The second-order valence-electron chi connectivity index (χ2n) is 2.58. The molecule has 66 valence electrons. The van der Waals surface area contributed by atoms with E-state index in [0.717, 1.165) is 10.6 Å². The molecule has 0 spiro atoms. The number of halogens is 1. The minimum atomic E-state index is -0.358. The predicted octanol–water partition coefficient (Wildman–Crippen LogP) is 2.59. The first-order valence-electron chi connectivity index (χ1n) is 3.78. The first-order valence-corrected chi connectivity index (χ1v) is 4.66. The molecule has 0 fully saturated rings. The fourth-order valence-corrected chi connectivity index (χ4v) is 1.72. The van der Waals surface area contributed by atoms with Crippen LogP contribution in [0.4, 0.5) is 4.39 Å². The molecule has 1 heterocycles. The van der Waals surface area contributed by atoms with E-state index < -0.39 is 0 Å². The van der Waals surface area contributed by atoms with Gasteiger partial charge in [0.15, 0.2) is 0 Å². The van der Waals surface area contributed by atoms with E-state index in [1.807, 2.05) is 13.0 Å². The minimum Gasteiger partial charge on any atom is -0.382 e. The summed E-state index contributed by atoms with van der Waals surface area (Å²) in [4.78, 5) is 1.08. The lowest BCUT2D eigenvalue weighted by atomic mass is 10.3. The second kappa shape index (κ2) is 4.26. The van der Waals surface area contributed by atoms with Crippen LogP contribution in [0.3, 0.4) is 0 Å². The van der Waals surface area contributed by atoms with Gasteiger partial charge >= 0.3 is 0 Å². The van der Waals surface area contributed by atoms with E-state index in [-0.39, 0.29) is 6.67 Å². The Labute approximate surface area is 75.9 Å². The summed E-state index contributed by atoms with van der Waals surface area (Å²) >= 11 is 1.62. The number of aryl methyl sites for hydroxylation is 1. The van der Waals surface area contributed by atoms with Gasteiger partial charge in [-0.15, -0.1) is 11.3 Å². The van der Waals surface area contributed by atoms with Gasteiger partial charge in [-0.2, -0.15) is 0 Å². The van der Waals surface area contributed by atoms with Crippen molar-refractivity contribution in [3.05, 3.63) is 28.5 Å². The van der Waals surface area contributed by atoms with Crippen LogP contribution in [-0.4, -0.2) is 13.2 Å². The van der Waals surface area contributed by atoms with Gasteiger partial charge in [0, 0.05) is 17.1 Å². The van der Waals surface area contributed by atoms with Gasteiger partial charge in [0.05, 0.1) is 0 Å².